The molecule has 0 saturated heterocycles. The Morgan fingerprint density at radius 2 is 2.17 bits per heavy atom. The van der Waals surface area contributed by atoms with Gasteiger partial charge in [-0.1, -0.05) is 41.2 Å². The molecule has 1 aromatic rings. The Kier molecular flexibility index (Phi) is 5.72. The zero-order valence-corrected chi connectivity index (χ0v) is 13.7. The zero-order valence-electron chi connectivity index (χ0n) is 11.3. The number of halogens is 1. The van der Waals surface area contributed by atoms with E-state index in [0.717, 1.165) is 23.9 Å². The van der Waals surface area contributed by atoms with E-state index >= 15 is 0 Å². The summed E-state index contributed by atoms with van der Waals surface area (Å²) in [4.78, 5) is 12.8. The standard InChI is InChI=1S/C12H20BrN3OS/c1-8(6-5-7-13)14-11(17)9-10(12(2,3)4)15-16-18-9/h8H,5-7H2,1-4H3,(H,14,17). The van der Waals surface area contributed by atoms with Crippen LogP contribution in [-0.2, 0) is 5.41 Å². The number of rotatable bonds is 5. The second-order valence-corrected chi connectivity index (χ2v) is 6.95. The van der Waals surface area contributed by atoms with Crippen LogP contribution in [0.25, 0.3) is 0 Å². The minimum Gasteiger partial charge on any atom is -0.349 e. The average Bonchev–Trinajstić information content (AvgIpc) is 2.74. The highest BCUT2D eigenvalue weighted by atomic mass is 79.9. The molecule has 0 radical (unpaired) electrons. The second kappa shape index (κ2) is 6.61. The van der Waals surface area contributed by atoms with Crippen molar-refractivity contribution >= 4 is 33.4 Å². The molecule has 6 heteroatoms. The van der Waals surface area contributed by atoms with Gasteiger partial charge in [0.1, 0.15) is 4.88 Å². The molecular weight excluding hydrogens is 314 g/mol. The van der Waals surface area contributed by atoms with E-state index in [1.807, 2.05) is 27.7 Å². The van der Waals surface area contributed by atoms with Crippen LogP contribution in [0.4, 0.5) is 0 Å². The van der Waals surface area contributed by atoms with Crippen LogP contribution in [0.5, 0.6) is 0 Å². The summed E-state index contributed by atoms with van der Waals surface area (Å²) in [5.41, 5.74) is 0.622. The first-order valence-electron chi connectivity index (χ1n) is 6.06. The summed E-state index contributed by atoms with van der Waals surface area (Å²) in [6, 6.07) is 0.171. The molecule has 0 spiro atoms. The normalized spacial score (nSPS) is 13.4. The van der Waals surface area contributed by atoms with Gasteiger partial charge in [-0.25, -0.2) is 0 Å². The minimum atomic E-state index is -0.154. The van der Waals surface area contributed by atoms with Gasteiger partial charge in [-0.2, -0.15) is 0 Å². The summed E-state index contributed by atoms with van der Waals surface area (Å²) in [5, 5.41) is 8.04. The van der Waals surface area contributed by atoms with Crippen molar-refractivity contribution in [2.24, 2.45) is 0 Å². The van der Waals surface area contributed by atoms with Gasteiger partial charge in [0, 0.05) is 16.8 Å². The third-order valence-electron chi connectivity index (χ3n) is 2.55. The molecule has 0 aliphatic heterocycles. The number of alkyl halides is 1. The molecule has 0 fully saturated rings. The van der Waals surface area contributed by atoms with Gasteiger partial charge in [0.25, 0.3) is 5.91 Å². The third-order valence-corrected chi connectivity index (χ3v) is 3.84. The topological polar surface area (TPSA) is 54.9 Å². The predicted octanol–water partition coefficient (Wildman–Crippen LogP) is 3.13. The molecule has 0 aromatic carbocycles. The largest absolute Gasteiger partial charge is 0.349 e. The van der Waals surface area contributed by atoms with Gasteiger partial charge in [0.2, 0.25) is 0 Å². The van der Waals surface area contributed by atoms with E-state index in [1.165, 1.54) is 11.5 Å². The van der Waals surface area contributed by atoms with Crippen LogP contribution in [0.15, 0.2) is 0 Å². The van der Waals surface area contributed by atoms with E-state index < -0.39 is 0 Å². The lowest BCUT2D eigenvalue weighted by atomic mass is 9.91. The summed E-state index contributed by atoms with van der Waals surface area (Å²) >= 11 is 4.56. The van der Waals surface area contributed by atoms with Gasteiger partial charge in [-0.3, -0.25) is 4.79 Å². The minimum absolute atomic E-state index is 0.0583. The Labute approximate surface area is 121 Å². The quantitative estimate of drug-likeness (QED) is 0.842. The van der Waals surface area contributed by atoms with Crippen molar-refractivity contribution < 1.29 is 4.79 Å². The highest BCUT2D eigenvalue weighted by molar-refractivity contribution is 9.09. The molecule has 4 nitrogen and oxygen atoms in total. The number of nitrogens with one attached hydrogen (secondary N) is 1. The molecule has 1 amide bonds. The number of amides is 1. The fourth-order valence-electron chi connectivity index (χ4n) is 1.58. The van der Waals surface area contributed by atoms with Crippen LogP contribution in [0, 0.1) is 0 Å². The van der Waals surface area contributed by atoms with Gasteiger partial charge in [0.05, 0.1) is 5.69 Å². The van der Waals surface area contributed by atoms with Crippen LogP contribution in [0.2, 0.25) is 0 Å². The van der Waals surface area contributed by atoms with Crippen molar-refractivity contribution in [2.75, 3.05) is 5.33 Å². The SMILES string of the molecule is CC(CCCBr)NC(=O)c1snnc1C(C)(C)C. The van der Waals surface area contributed by atoms with Crippen molar-refractivity contribution in [2.45, 2.75) is 52.0 Å². The highest BCUT2D eigenvalue weighted by Gasteiger charge is 2.26. The molecule has 1 N–H and O–H groups in total. The van der Waals surface area contributed by atoms with E-state index in [0.29, 0.717) is 4.88 Å². The Hall–Kier alpha value is -0.490. The van der Waals surface area contributed by atoms with Crippen molar-refractivity contribution in [3.8, 4) is 0 Å². The molecule has 102 valence electrons. The number of nitrogens with zero attached hydrogens (tertiary/aromatic N) is 2. The Morgan fingerprint density at radius 1 is 1.50 bits per heavy atom. The van der Waals surface area contributed by atoms with Crippen LogP contribution in [0.1, 0.15) is 55.9 Å². The fraction of sp³-hybridized carbons (Fsp3) is 0.750. The first-order chi connectivity index (χ1) is 8.36. The number of aromatic nitrogens is 2. The molecule has 1 atom stereocenters. The highest BCUT2D eigenvalue weighted by Crippen LogP contribution is 2.25. The monoisotopic (exact) mass is 333 g/mol. The van der Waals surface area contributed by atoms with Crippen molar-refractivity contribution in [3.63, 3.8) is 0 Å². The lowest BCUT2D eigenvalue weighted by Gasteiger charge is -2.17. The predicted molar refractivity (Wildman–Crippen MR) is 78.6 cm³/mol. The third kappa shape index (κ3) is 4.31. The molecule has 0 saturated carbocycles. The van der Waals surface area contributed by atoms with E-state index in [1.54, 1.807) is 0 Å². The van der Waals surface area contributed by atoms with Gasteiger partial charge >= 0.3 is 0 Å². The van der Waals surface area contributed by atoms with E-state index in [-0.39, 0.29) is 17.4 Å². The van der Waals surface area contributed by atoms with E-state index in [4.69, 9.17) is 0 Å². The maximum Gasteiger partial charge on any atom is 0.265 e. The number of carbonyl (C=O) groups excluding carboxylic acids is 1. The Balaban J connectivity index is 2.70. The van der Waals surface area contributed by atoms with Crippen LogP contribution in [0.3, 0.4) is 0 Å². The molecule has 0 aliphatic rings. The summed E-state index contributed by atoms with van der Waals surface area (Å²) in [6.07, 6.45) is 2.02. The molecule has 0 aliphatic carbocycles. The fourth-order valence-corrected chi connectivity index (χ4v) is 2.68. The summed E-state index contributed by atoms with van der Waals surface area (Å²) < 4.78 is 3.90. The Morgan fingerprint density at radius 3 is 2.72 bits per heavy atom. The number of carbonyl (C=O) groups is 1. The molecular formula is C12H20BrN3OS. The summed E-state index contributed by atoms with van der Waals surface area (Å²) in [5.74, 6) is -0.0583. The zero-order chi connectivity index (χ0) is 13.8. The maximum atomic E-state index is 12.2. The van der Waals surface area contributed by atoms with Crippen molar-refractivity contribution in [1.29, 1.82) is 0 Å². The number of hydrogen-bond donors (Lipinski definition) is 1. The van der Waals surface area contributed by atoms with E-state index in [2.05, 4.69) is 30.8 Å². The van der Waals surface area contributed by atoms with Crippen molar-refractivity contribution in [3.05, 3.63) is 10.6 Å². The molecule has 1 heterocycles. The molecule has 0 bridgehead atoms. The summed E-state index contributed by atoms with van der Waals surface area (Å²) in [7, 11) is 0. The van der Waals surface area contributed by atoms with Gasteiger partial charge < -0.3 is 5.32 Å². The van der Waals surface area contributed by atoms with Crippen LogP contribution < -0.4 is 5.32 Å². The smallest absolute Gasteiger partial charge is 0.265 e. The van der Waals surface area contributed by atoms with Crippen molar-refractivity contribution in [1.82, 2.24) is 14.9 Å². The average molecular weight is 334 g/mol. The van der Waals surface area contributed by atoms with E-state index in [9.17, 15) is 4.79 Å². The maximum absolute atomic E-state index is 12.2. The lowest BCUT2D eigenvalue weighted by molar-refractivity contribution is 0.0940. The summed E-state index contributed by atoms with van der Waals surface area (Å²) in [6.45, 7) is 8.13. The molecule has 1 rings (SSSR count). The first-order valence-corrected chi connectivity index (χ1v) is 7.95. The number of hydrogen-bond acceptors (Lipinski definition) is 4. The van der Waals surface area contributed by atoms with Gasteiger partial charge in [0.15, 0.2) is 0 Å². The van der Waals surface area contributed by atoms with Crippen LogP contribution in [-0.4, -0.2) is 26.9 Å². The molecule has 1 unspecified atom stereocenters. The van der Waals surface area contributed by atoms with Gasteiger partial charge in [-0.15, -0.1) is 5.10 Å². The molecule has 1 aromatic heterocycles. The second-order valence-electron chi connectivity index (χ2n) is 5.41. The van der Waals surface area contributed by atoms with Crippen LogP contribution >= 0.6 is 27.5 Å². The molecule has 18 heavy (non-hydrogen) atoms. The first kappa shape index (κ1) is 15.6. The van der Waals surface area contributed by atoms with Gasteiger partial charge in [-0.05, 0) is 31.3 Å². The lowest BCUT2D eigenvalue weighted by Crippen LogP contribution is -2.33. The Bertz CT molecular complexity index is 400.